The fourth-order valence-electron chi connectivity index (χ4n) is 0.560. The molecule has 54 valence electrons. The van der Waals surface area contributed by atoms with Gasteiger partial charge in [0.15, 0.2) is 5.78 Å². The maximum atomic E-state index is 10.9. The van der Waals surface area contributed by atoms with E-state index in [9.17, 15) is 4.79 Å². The Hall–Kier alpha value is -0.190. The smallest absolute Gasteiger partial charge is 0.186 e. The number of hydrogen-bond donors (Lipinski definition) is 1. The van der Waals surface area contributed by atoms with E-state index in [2.05, 4.69) is 15.9 Å². The lowest BCUT2D eigenvalue weighted by Crippen LogP contribution is -2.11. The molecule has 0 saturated carbocycles. The summed E-state index contributed by atoms with van der Waals surface area (Å²) >= 11 is 4.65. The van der Waals surface area contributed by atoms with Gasteiger partial charge in [-0.05, 0) is 22.0 Å². The van der Waals surface area contributed by atoms with Crippen LogP contribution in [0.5, 0.6) is 0 Å². The molecule has 2 nitrogen and oxygen atoms in total. The SMILES string of the molecule is NCC(=O)c1cc(Br)cs1. The maximum Gasteiger partial charge on any atom is 0.186 e. The minimum absolute atomic E-state index is 0.00398. The highest BCUT2D eigenvalue weighted by molar-refractivity contribution is 9.10. The molecule has 0 atom stereocenters. The van der Waals surface area contributed by atoms with Crippen molar-refractivity contribution in [2.75, 3.05) is 6.54 Å². The van der Waals surface area contributed by atoms with Gasteiger partial charge in [-0.25, -0.2) is 0 Å². The molecule has 10 heavy (non-hydrogen) atoms. The Morgan fingerprint density at radius 2 is 2.50 bits per heavy atom. The first-order valence-corrected chi connectivity index (χ1v) is 4.38. The Labute approximate surface area is 71.2 Å². The molecule has 0 amide bonds. The lowest BCUT2D eigenvalue weighted by molar-refractivity contribution is 0.100. The first kappa shape index (κ1) is 7.91. The lowest BCUT2D eigenvalue weighted by Gasteiger charge is -1.87. The monoisotopic (exact) mass is 219 g/mol. The Balaban J connectivity index is 2.85. The Kier molecular flexibility index (Phi) is 2.59. The van der Waals surface area contributed by atoms with Gasteiger partial charge < -0.3 is 5.73 Å². The largest absolute Gasteiger partial charge is 0.324 e. The van der Waals surface area contributed by atoms with Gasteiger partial charge >= 0.3 is 0 Å². The van der Waals surface area contributed by atoms with E-state index in [4.69, 9.17) is 5.73 Å². The molecular weight excluding hydrogens is 214 g/mol. The standard InChI is InChI=1S/C6H6BrNOS/c7-4-1-6(10-3-4)5(9)2-8/h1,3H,2,8H2. The molecular formula is C6H6BrNOS. The van der Waals surface area contributed by atoms with Crippen molar-refractivity contribution < 1.29 is 4.79 Å². The fourth-order valence-corrected chi connectivity index (χ4v) is 1.94. The van der Waals surface area contributed by atoms with Crippen molar-refractivity contribution in [1.29, 1.82) is 0 Å². The van der Waals surface area contributed by atoms with Crippen LogP contribution in [0.15, 0.2) is 15.9 Å². The summed E-state index contributed by atoms with van der Waals surface area (Å²) in [5, 5.41) is 1.86. The van der Waals surface area contributed by atoms with Gasteiger partial charge in [-0.1, -0.05) is 0 Å². The van der Waals surface area contributed by atoms with Gasteiger partial charge in [0.1, 0.15) is 0 Å². The molecule has 2 N–H and O–H groups in total. The molecule has 0 bridgehead atoms. The molecule has 0 saturated heterocycles. The molecule has 0 unspecified atom stereocenters. The highest BCUT2D eigenvalue weighted by Gasteiger charge is 2.04. The fraction of sp³-hybridized carbons (Fsp3) is 0.167. The summed E-state index contributed by atoms with van der Waals surface area (Å²) in [4.78, 5) is 11.6. The van der Waals surface area contributed by atoms with Crippen molar-refractivity contribution in [3.8, 4) is 0 Å². The minimum atomic E-state index is -0.00398. The predicted octanol–water partition coefficient (Wildman–Crippen LogP) is 1.65. The van der Waals surface area contributed by atoms with E-state index in [1.54, 1.807) is 6.07 Å². The average Bonchev–Trinajstić information content (AvgIpc) is 2.34. The molecule has 0 radical (unpaired) electrons. The van der Waals surface area contributed by atoms with Crippen molar-refractivity contribution in [2.24, 2.45) is 5.73 Å². The summed E-state index contributed by atoms with van der Waals surface area (Å²) in [6.45, 7) is 0.0902. The summed E-state index contributed by atoms with van der Waals surface area (Å²) in [5.41, 5.74) is 5.16. The summed E-state index contributed by atoms with van der Waals surface area (Å²) in [5.74, 6) is -0.00398. The zero-order valence-electron chi connectivity index (χ0n) is 5.13. The van der Waals surface area contributed by atoms with Crippen LogP contribution in [0.2, 0.25) is 0 Å². The number of Topliss-reactive ketones (excluding diaryl/α,β-unsaturated/α-hetero) is 1. The van der Waals surface area contributed by atoms with Crippen molar-refractivity contribution in [3.05, 3.63) is 20.8 Å². The molecule has 0 aliphatic carbocycles. The van der Waals surface area contributed by atoms with Gasteiger partial charge in [-0.15, -0.1) is 11.3 Å². The minimum Gasteiger partial charge on any atom is -0.324 e. The Morgan fingerprint density at radius 3 is 2.90 bits per heavy atom. The van der Waals surface area contributed by atoms with Gasteiger partial charge in [0.25, 0.3) is 0 Å². The molecule has 0 aromatic carbocycles. The molecule has 0 aliphatic heterocycles. The van der Waals surface area contributed by atoms with E-state index in [1.807, 2.05) is 5.38 Å². The molecule has 1 aromatic rings. The van der Waals surface area contributed by atoms with Crippen LogP contribution < -0.4 is 5.73 Å². The van der Waals surface area contributed by atoms with E-state index >= 15 is 0 Å². The zero-order chi connectivity index (χ0) is 7.56. The highest BCUT2D eigenvalue weighted by atomic mass is 79.9. The van der Waals surface area contributed by atoms with Gasteiger partial charge in [0.2, 0.25) is 0 Å². The average molecular weight is 220 g/mol. The Morgan fingerprint density at radius 1 is 1.80 bits per heavy atom. The van der Waals surface area contributed by atoms with Gasteiger partial charge in [-0.3, -0.25) is 4.79 Å². The van der Waals surface area contributed by atoms with E-state index in [0.29, 0.717) is 0 Å². The van der Waals surface area contributed by atoms with Gasteiger partial charge in [0.05, 0.1) is 11.4 Å². The van der Waals surface area contributed by atoms with Crippen molar-refractivity contribution >= 4 is 33.0 Å². The highest BCUT2D eigenvalue weighted by Crippen LogP contribution is 2.19. The van der Waals surface area contributed by atoms with Gasteiger partial charge in [-0.2, -0.15) is 0 Å². The van der Waals surface area contributed by atoms with Crippen molar-refractivity contribution in [2.45, 2.75) is 0 Å². The number of carbonyl (C=O) groups is 1. The normalized spacial score (nSPS) is 9.80. The first-order chi connectivity index (χ1) is 4.74. The zero-order valence-corrected chi connectivity index (χ0v) is 7.54. The molecule has 1 rings (SSSR count). The van der Waals surface area contributed by atoms with E-state index < -0.39 is 0 Å². The lowest BCUT2D eigenvalue weighted by atomic mass is 10.3. The van der Waals surface area contributed by atoms with Crippen LogP contribution in [0, 0.1) is 0 Å². The number of carbonyl (C=O) groups excluding carboxylic acids is 1. The summed E-state index contributed by atoms with van der Waals surface area (Å²) < 4.78 is 0.939. The van der Waals surface area contributed by atoms with Crippen LogP contribution in [0.4, 0.5) is 0 Å². The molecule has 0 fully saturated rings. The van der Waals surface area contributed by atoms with E-state index in [0.717, 1.165) is 9.35 Å². The van der Waals surface area contributed by atoms with Crippen molar-refractivity contribution in [3.63, 3.8) is 0 Å². The second-order valence-electron chi connectivity index (χ2n) is 1.76. The number of ketones is 1. The van der Waals surface area contributed by atoms with Crippen LogP contribution in [-0.2, 0) is 0 Å². The number of hydrogen-bond acceptors (Lipinski definition) is 3. The number of thiophene rings is 1. The summed E-state index contributed by atoms with van der Waals surface area (Å²) in [7, 11) is 0. The molecule has 1 heterocycles. The van der Waals surface area contributed by atoms with Crippen LogP contribution in [-0.4, -0.2) is 12.3 Å². The van der Waals surface area contributed by atoms with Crippen LogP contribution in [0.1, 0.15) is 9.67 Å². The van der Waals surface area contributed by atoms with Crippen molar-refractivity contribution in [1.82, 2.24) is 0 Å². The first-order valence-electron chi connectivity index (χ1n) is 2.71. The number of halogens is 1. The van der Waals surface area contributed by atoms with Crippen LogP contribution in [0.3, 0.4) is 0 Å². The quantitative estimate of drug-likeness (QED) is 0.770. The third-order valence-electron chi connectivity index (χ3n) is 1.03. The molecule has 0 spiro atoms. The third kappa shape index (κ3) is 1.65. The predicted molar refractivity (Wildman–Crippen MR) is 45.4 cm³/mol. The van der Waals surface area contributed by atoms with Gasteiger partial charge in [0, 0.05) is 9.85 Å². The summed E-state index contributed by atoms with van der Waals surface area (Å²) in [6.07, 6.45) is 0. The maximum absolute atomic E-state index is 10.9. The second kappa shape index (κ2) is 3.27. The summed E-state index contributed by atoms with van der Waals surface area (Å²) in [6, 6.07) is 1.78. The topological polar surface area (TPSA) is 43.1 Å². The molecule has 4 heteroatoms. The third-order valence-corrected chi connectivity index (χ3v) is 2.76. The Bertz CT molecular complexity index is 246. The number of rotatable bonds is 2. The van der Waals surface area contributed by atoms with E-state index in [-0.39, 0.29) is 12.3 Å². The van der Waals surface area contributed by atoms with E-state index in [1.165, 1.54) is 11.3 Å². The molecule has 1 aromatic heterocycles. The second-order valence-corrected chi connectivity index (χ2v) is 3.58. The molecule has 0 aliphatic rings. The number of nitrogens with two attached hydrogens (primary N) is 1. The van der Waals surface area contributed by atoms with Crippen LogP contribution >= 0.6 is 27.3 Å². The van der Waals surface area contributed by atoms with Crippen LogP contribution in [0.25, 0.3) is 0 Å².